The van der Waals surface area contributed by atoms with Crippen LogP contribution in [0.5, 0.6) is 11.5 Å². The largest absolute Gasteiger partial charge is 0.494 e. The molecule has 3 heterocycles. The van der Waals surface area contributed by atoms with E-state index in [1.165, 1.54) is 16.2 Å². The number of carbonyl (C=O) groups is 1. The highest BCUT2D eigenvalue weighted by Crippen LogP contribution is 2.42. The summed E-state index contributed by atoms with van der Waals surface area (Å²) in [5.41, 5.74) is 1.02. The van der Waals surface area contributed by atoms with Gasteiger partial charge in [-0.15, -0.1) is 10.2 Å². The van der Waals surface area contributed by atoms with Crippen LogP contribution in [-0.2, 0) is 0 Å². The highest BCUT2D eigenvalue weighted by molar-refractivity contribution is 7.15. The van der Waals surface area contributed by atoms with Crippen LogP contribution in [0.3, 0.4) is 0 Å². The predicted molar refractivity (Wildman–Crippen MR) is 129 cm³/mol. The van der Waals surface area contributed by atoms with Gasteiger partial charge in [-0.25, -0.2) is 0 Å². The van der Waals surface area contributed by atoms with Gasteiger partial charge in [0.1, 0.15) is 28.7 Å². The van der Waals surface area contributed by atoms with Crippen LogP contribution in [0.25, 0.3) is 11.0 Å². The molecule has 0 bridgehead atoms. The summed E-state index contributed by atoms with van der Waals surface area (Å²) in [6, 6.07) is 11.5. The number of aromatic nitrogens is 2. The molecular formula is C25H21N3O5S. The molecule has 1 atom stereocenters. The summed E-state index contributed by atoms with van der Waals surface area (Å²) in [4.78, 5) is 28.7. The molecule has 0 fully saturated rings. The van der Waals surface area contributed by atoms with Gasteiger partial charge in [0.15, 0.2) is 5.43 Å². The van der Waals surface area contributed by atoms with E-state index in [4.69, 9.17) is 13.9 Å². The molecule has 5 rings (SSSR count). The van der Waals surface area contributed by atoms with E-state index in [0.717, 1.165) is 5.56 Å². The molecule has 1 amide bonds. The van der Waals surface area contributed by atoms with Gasteiger partial charge in [-0.2, -0.15) is 0 Å². The first-order valence-corrected chi connectivity index (χ1v) is 11.5. The van der Waals surface area contributed by atoms with Gasteiger partial charge in [0.2, 0.25) is 10.9 Å². The fraction of sp³-hybridized carbons (Fsp3) is 0.200. The van der Waals surface area contributed by atoms with Crippen LogP contribution in [0.4, 0.5) is 5.13 Å². The van der Waals surface area contributed by atoms with E-state index in [2.05, 4.69) is 16.8 Å². The van der Waals surface area contributed by atoms with Crippen molar-refractivity contribution < 1.29 is 18.7 Å². The predicted octanol–water partition coefficient (Wildman–Crippen LogP) is 4.67. The summed E-state index contributed by atoms with van der Waals surface area (Å²) in [6.45, 7) is 8.17. The van der Waals surface area contributed by atoms with E-state index in [-0.39, 0.29) is 16.8 Å². The topological polar surface area (TPSA) is 94.8 Å². The summed E-state index contributed by atoms with van der Waals surface area (Å²) >= 11 is 1.27. The van der Waals surface area contributed by atoms with Crippen molar-refractivity contribution in [3.05, 3.63) is 87.2 Å². The molecule has 0 saturated carbocycles. The maximum absolute atomic E-state index is 13.7. The summed E-state index contributed by atoms with van der Waals surface area (Å²) in [5, 5.41) is 9.71. The number of carbonyl (C=O) groups excluding carboxylic acids is 1. The van der Waals surface area contributed by atoms with Crippen molar-refractivity contribution in [2.45, 2.75) is 19.9 Å². The number of rotatable bonds is 7. The Kier molecular flexibility index (Phi) is 5.62. The minimum Gasteiger partial charge on any atom is -0.494 e. The second-order valence-electron chi connectivity index (χ2n) is 7.62. The van der Waals surface area contributed by atoms with E-state index in [1.807, 2.05) is 26.0 Å². The Morgan fingerprint density at radius 3 is 2.56 bits per heavy atom. The van der Waals surface area contributed by atoms with Crippen molar-refractivity contribution in [3.63, 3.8) is 0 Å². The van der Waals surface area contributed by atoms with Crippen LogP contribution >= 0.6 is 11.3 Å². The van der Waals surface area contributed by atoms with Crippen molar-refractivity contribution in [1.82, 2.24) is 10.2 Å². The lowest BCUT2D eigenvalue weighted by molar-refractivity contribution is 0.0970. The van der Waals surface area contributed by atoms with E-state index in [0.29, 0.717) is 45.8 Å². The van der Waals surface area contributed by atoms with Gasteiger partial charge in [-0.1, -0.05) is 36.1 Å². The quantitative estimate of drug-likeness (QED) is 0.359. The Morgan fingerprint density at radius 1 is 1.12 bits per heavy atom. The molecule has 0 saturated heterocycles. The Morgan fingerprint density at radius 2 is 1.88 bits per heavy atom. The van der Waals surface area contributed by atoms with Gasteiger partial charge in [0, 0.05) is 6.07 Å². The Hall–Kier alpha value is -3.98. The van der Waals surface area contributed by atoms with Gasteiger partial charge in [-0.05, 0) is 43.7 Å². The number of aryl methyl sites for hydroxylation is 1. The van der Waals surface area contributed by atoms with Gasteiger partial charge in [0.25, 0.3) is 5.91 Å². The molecule has 0 N–H and O–H groups in total. The van der Waals surface area contributed by atoms with Crippen molar-refractivity contribution in [2.75, 3.05) is 18.1 Å². The summed E-state index contributed by atoms with van der Waals surface area (Å²) < 4.78 is 17.1. The Bertz CT molecular complexity index is 1460. The van der Waals surface area contributed by atoms with Crippen molar-refractivity contribution in [1.29, 1.82) is 0 Å². The molecule has 1 aliphatic rings. The van der Waals surface area contributed by atoms with Crippen LogP contribution in [0.2, 0.25) is 0 Å². The zero-order valence-electron chi connectivity index (χ0n) is 18.6. The summed E-state index contributed by atoms with van der Waals surface area (Å²) in [5.74, 6) is 0.771. The second-order valence-corrected chi connectivity index (χ2v) is 8.78. The average molecular weight is 476 g/mol. The van der Waals surface area contributed by atoms with Gasteiger partial charge < -0.3 is 13.9 Å². The first-order chi connectivity index (χ1) is 16.5. The van der Waals surface area contributed by atoms with Gasteiger partial charge >= 0.3 is 0 Å². The Balaban J connectivity index is 1.69. The number of benzene rings is 2. The van der Waals surface area contributed by atoms with E-state index >= 15 is 0 Å². The minimum atomic E-state index is -0.712. The molecule has 9 heteroatoms. The SMILES string of the molecule is C=CCOc1ccc(C2c3c(oc4cc(OCC)ccc4c3=O)C(=O)N2c2nnc(C)s2)cc1. The third-order valence-electron chi connectivity index (χ3n) is 5.44. The molecule has 34 heavy (non-hydrogen) atoms. The van der Waals surface area contributed by atoms with E-state index in [1.54, 1.807) is 36.4 Å². The number of ether oxygens (including phenoxy) is 2. The fourth-order valence-corrected chi connectivity index (χ4v) is 4.72. The number of hydrogen-bond acceptors (Lipinski definition) is 8. The molecule has 0 aliphatic carbocycles. The zero-order chi connectivity index (χ0) is 23.8. The average Bonchev–Trinajstić information content (AvgIpc) is 3.39. The lowest BCUT2D eigenvalue weighted by Crippen LogP contribution is -2.29. The maximum Gasteiger partial charge on any atom is 0.297 e. The number of hydrogen-bond donors (Lipinski definition) is 0. The van der Waals surface area contributed by atoms with Crippen LogP contribution in [0.15, 0.2) is 64.3 Å². The summed E-state index contributed by atoms with van der Waals surface area (Å²) in [7, 11) is 0. The molecule has 4 aromatic rings. The van der Waals surface area contributed by atoms with Crippen molar-refractivity contribution in [3.8, 4) is 11.5 Å². The maximum atomic E-state index is 13.7. The van der Waals surface area contributed by atoms with Crippen LogP contribution in [-0.4, -0.2) is 29.3 Å². The lowest BCUT2D eigenvalue weighted by atomic mass is 9.98. The zero-order valence-corrected chi connectivity index (χ0v) is 19.4. The van der Waals surface area contributed by atoms with E-state index in [9.17, 15) is 9.59 Å². The van der Waals surface area contributed by atoms with Crippen molar-refractivity contribution >= 4 is 33.3 Å². The standard InChI is InChI=1S/C25H21N3O5S/c1-4-12-32-16-8-6-15(7-9-16)21-20-22(29)18-11-10-17(31-5-2)13-19(18)33-23(20)24(30)28(21)25-27-26-14(3)34-25/h4,6-11,13,21H,1,5,12H2,2-3H3. The van der Waals surface area contributed by atoms with Gasteiger partial charge in [0.05, 0.1) is 23.6 Å². The molecule has 0 radical (unpaired) electrons. The second kappa shape index (κ2) is 8.75. The molecule has 8 nitrogen and oxygen atoms in total. The minimum absolute atomic E-state index is 0.00372. The first-order valence-electron chi connectivity index (χ1n) is 10.7. The van der Waals surface area contributed by atoms with Gasteiger partial charge in [-0.3, -0.25) is 14.5 Å². The van der Waals surface area contributed by atoms with E-state index < -0.39 is 11.9 Å². The molecule has 2 aromatic carbocycles. The third kappa shape index (κ3) is 3.63. The number of fused-ring (bicyclic) bond motifs is 2. The Labute approximate surface area is 199 Å². The number of amides is 1. The molecule has 172 valence electrons. The van der Waals surface area contributed by atoms with Crippen LogP contribution in [0, 0.1) is 6.92 Å². The molecular weight excluding hydrogens is 454 g/mol. The molecule has 0 spiro atoms. The van der Waals surface area contributed by atoms with Crippen LogP contribution < -0.4 is 19.8 Å². The summed E-state index contributed by atoms with van der Waals surface area (Å²) in [6.07, 6.45) is 1.66. The highest BCUT2D eigenvalue weighted by atomic mass is 32.1. The smallest absolute Gasteiger partial charge is 0.297 e. The highest BCUT2D eigenvalue weighted by Gasteiger charge is 2.45. The molecule has 2 aromatic heterocycles. The normalized spacial score (nSPS) is 14.9. The molecule has 1 aliphatic heterocycles. The first kappa shape index (κ1) is 21.8. The lowest BCUT2D eigenvalue weighted by Gasteiger charge is -2.22. The fourth-order valence-electron chi connectivity index (χ4n) is 4.01. The number of nitrogens with zero attached hydrogens (tertiary/aromatic N) is 3. The van der Waals surface area contributed by atoms with Crippen molar-refractivity contribution in [2.24, 2.45) is 0 Å². The third-order valence-corrected chi connectivity index (χ3v) is 6.28. The molecule has 1 unspecified atom stereocenters. The monoisotopic (exact) mass is 475 g/mol. The number of anilines is 1. The van der Waals surface area contributed by atoms with Crippen LogP contribution in [0.1, 0.15) is 39.7 Å².